The molecule has 0 bridgehead atoms. The smallest absolute Gasteiger partial charge is 0.0431 e. The third kappa shape index (κ3) is 2.48. The SMILES string of the molecule is C=C1[C@@H](CCCO)[C@@H]1Cc1ccccc1. The first-order chi connectivity index (χ1) is 7.33. The Morgan fingerprint density at radius 2 is 1.87 bits per heavy atom. The van der Waals surface area contributed by atoms with Crippen molar-refractivity contribution in [3.8, 4) is 0 Å². The summed E-state index contributed by atoms with van der Waals surface area (Å²) in [6, 6.07) is 10.6. The van der Waals surface area contributed by atoms with E-state index in [-0.39, 0.29) is 0 Å². The molecule has 1 aromatic carbocycles. The first kappa shape index (κ1) is 10.4. The Morgan fingerprint density at radius 3 is 2.53 bits per heavy atom. The highest BCUT2D eigenvalue weighted by Gasteiger charge is 2.40. The maximum Gasteiger partial charge on any atom is 0.0431 e. The van der Waals surface area contributed by atoms with Gasteiger partial charge in [-0.25, -0.2) is 0 Å². The molecule has 0 saturated heterocycles. The Bertz CT molecular complexity index is 328. The molecule has 2 rings (SSSR count). The van der Waals surface area contributed by atoms with Crippen molar-refractivity contribution in [1.29, 1.82) is 0 Å². The molecule has 0 unspecified atom stereocenters. The number of rotatable bonds is 5. The maximum absolute atomic E-state index is 8.78. The van der Waals surface area contributed by atoms with Gasteiger partial charge in [-0.1, -0.05) is 42.5 Å². The molecule has 2 atom stereocenters. The number of hydrogen-bond donors (Lipinski definition) is 1. The molecule has 1 N–H and O–H groups in total. The molecule has 1 nitrogen and oxygen atoms in total. The first-order valence-corrected chi connectivity index (χ1v) is 5.66. The van der Waals surface area contributed by atoms with Gasteiger partial charge in [0, 0.05) is 6.61 Å². The van der Waals surface area contributed by atoms with Gasteiger partial charge < -0.3 is 5.11 Å². The van der Waals surface area contributed by atoms with E-state index in [1.165, 1.54) is 11.1 Å². The maximum atomic E-state index is 8.78. The fourth-order valence-electron chi connectivity index (χ4n) is 2.28. The average molecular weight is 202 g/mol. The topological polar surface area (TPSA) is 20.2 Å². The molecule has 0 aromatic heterocycles. The van der Waals surface area contributed by atoms with Gasteiger partial charge in [-0.05, 0) is 36.7 Å². The minimum absolute atomic E-state index is 0.307. The van der Waals surface area contributed by atoms with E-state index in [2.05, 4.69) is 36.9 Å². The summed E-state index contributed by atoms with van der Waals surface area (Å²) in [5.41, 5.74) is 2.78. The zero-order chi connectivity index (χ0) is 10.7. The summed E-state index contributed by atoms with van der Waals surface area (Å²) >= 11 is 0. The van der Waals surface area contributed by atoms with Crippen LogP contribution in [0, 0.1) is 11.8 Å². The number of benzene rings is 1. The lowest BCUT2D eigenvalue weighted by atomic mass is 10.1. The van der Waals surface area contributed by atoms with Crippen LogP contribution in [0.5, 0.6) is 0 Å². The van der Waals surface area contributed by atoms with Crippen LogP contribution < -0.4 is 0 Å². The van der Waals surface area contributed by atoms with E-state index in [1.54, 1.807) is 0 Å². The van der Waals surface area contributed by atoms with Gasteiger partial charge in [-0.2, -0.15) is 0 Å². The fourth-order valence-corrected chi connectivity index (χ4v) is 2.28. The third-order valence-electron chi connectivity index (χ3n) is 3.30. The van der Waals surface area contributed by atoms with Gasteiger partial charge >= 0.3 is 0 Å². The molecule has 0 radical (unpaired) electrons. The highest BCUT2D eigenvalue weighted by Crippen LogP contribution is 2.49. The van der Waals surface area contributed by atoms with Gasteiger partial charge in [0.15, 0.2) is 0 Å². The summed E-state index contributed by atoms with van der Waals surface area (Å²) in [4.78, 5) is 0. The Hall–Kier alpha value is -1.08. The van der Waals surface area contributed by atoms with Crippen LogP contribution in [0.2, 0.25) is 0 Å². The quantitative estimate of drug-likeness (QED) is 0.728. The molecule has 1 heteroatoms. The average Bonchev–Trinajstić information content (AvgIpc) is 2.87. The summed E-state index contributed by atoms with van der Waals surface area (Å²) < 4.78 is 0. The lowest BCUT2D eigenvalue weighted by Gasteiger charge is -1.99. The Balaban J connectivity index is 1.85. The molecular formula is C14H18O. The second kappa shape index (κ2) is 4.63. The first-order valence-electron chi connectivity index (χ1n) is 5.66. The molecule has 15 heavy (non-hydrogen) atoms. The number of allylic oxidation sites excluding steroid dienone is 1. The van der Waals surface area contributed by atoms with Crippen molar-refractivity contribution in [2.45, 2.75) is 19.3 Å². The van der Waals surface area contributed by atoms with E-state index in [4.69, 9.17) is 5.11 Å². The molecule has 1 aliphatic carbocycles. The summed E-state index contributed by atoms with van der Waals surface area (Å²) in [6.07, 6.45) is 3.14. The van der Waals surface area contributed by atoms with Crippen LogP contribution in [0.4, 0.5) is 0 Å². The summed E-state index contributed by atoms with van der Waals surface area (Å²) in [5.74, 6) is 1.33. The number of aliphatic hydroxyl groups excluding tert-OH is 1. The molecule has 1 aliphatic rings. The van der Waals surface area contributed by atoms with E-state index >= 15 is 0 Å². The molecule has 1 saturated carbocycles. The van der Waals surface area contributed by atoms with E-state index in [9.17, 15) is 0 Å². The van der Waals surface area contributed by atoms with Gasteiger partial charge in [0.2, 0.25) is 0 Å². The third-order valence-corrected chi connectivity index (χ3v) is 3.30. The Kier molecular flexibility index (Phi) is 3.22. The molecule has 1 aromatic rings. The summed E-state index contributed by atoms with van der Waals surface area (Å²) in [5, 5.41) is 8.78. The van der Waals surface area contributed by atoms with Crippen LogP contribution in [0.15, 0.2) is 42.5 Å². The van der Waals surface area contributed by atoms with Gasteiger partial charge in [0.1, 0.15) is 0 Å². The molecular weight excluding hydrogens is 184 g/mol. The monoisotopic (exact) mass is 202 g/mol. The Labute approximate surface area is 91.4 Å². The predicted octanol–water partition coefficient (Wildman–Crippen LogP) is 2.80. The van der Waals surface area contributed by atoms with Crippen molar-refractivity contribution in [1.82, 2.24) is 0 Å². The predicted molar refractivity (Wildman–Crippen MR) is 62.6 cm³/mol. The van der Waals surface area contributed by atoms with Gasteiger partial charge in [0.05, 0.1) is 0 Å². The van der Waals surface area contributed by atoms with E-state index in [0.717, 1.165) is 19.3 Å². The largest absolute Gasteiger partial charge is 0.396 e. The van der Waals surface area contributed by atoms with Crippen molar-refractivity contribution < 1.29 is 5.11 Å². The van der Waals surface area contributed by atoms with Crippen LogP contribution in [-0.4, -0.2) is 11.7 Å². The van der Waals surface area contributed by atoms with Crippen molar-refractivity contribution in [3.05, 3.63) is 48.0 Å². The molecule has 0 amide bonds. The van der Waals surface area contributed by atoms with Crippen LogP contribution in [-0.2, 0) is 6.42 Å². The lowest BCUT2D eigenvalue weighted by molar-refractivity contribution is 0.280. The highest BCUT2D eigenvalue weighted by atomic mass is 16.2. The van der Waals surface area contributed by atoms with Gasteiger partial charge in [0.25, 0.3) is 0 Å². The second-order valence-corrected chi connectivity index (χ2v) is 4.34. The second-order valence-electron chi connectivity index (χ2n) is 4.34. The lowest BCUT2D eigenvalue weighted by Crippen LogP contribution is -1.91. The van der Waals surface area contributed by atoms with Crippen LogP contribution in [0.3, 0.4) is 0 Å². The van der Waals surface area contributed by atoms with Crippen LogP contribution >= 0.6 is 0 Å². The number of aliphatic hydroxyl groups is 1. The standard InChI is InChI=1S/C14H18O/c1-11-13(8-5-9-15)14(11)10-12-6-3-2-4-7-12/h2-4,6-7,13-15H,1,5,8-10H2/t13-,14-/m1/s1. The molecule has 0 heterocycles. The molecule has 80 valence electrons. The van der Waals surface area contributed by atoms with Gasteiger partial charge in [-0.15, -0.1) is 0 Å². The molecule has 0 aliphatic heterocycles. The van der Waals surface area contributed by atoms with Gasteiger partial charge in [-0.3, -0.25) is 0 Å². The molecule has 0 spiro atoms. The minimum atomic E-state index is 0.307. The van der Waals surface area contributed by atoms with Crippen molar-refractivity contribution in [3.63, 3.8) is 0 Å². The van der Waals surface area contributed by atoms with Crippen LogP contribution in [0.25, 0.3) is 0 Å². The number of hydrogen-bond acceptors (Lipinski definition) is 1. The zero-order valence-electron chi connectivity index (χ0n) is 9.02. The zero-order valence-corrected chi connectivity index (χ0v) is 9.02. The normalized spacial score (nSPS) is 24.2. The van der Waals surface area contributed by atoms with Crippen molar-refractivity contribution in [2.75, 3.05) is 6.61 Å². The highest BCUT2D eigenvalue weighted by molar-refractivity contribution is 5.30. The van der Waals surface area contributed by atoms with E-state index < -0.39 is 0 Å². The van der Waals surface area contributed by atoms with Crippen LogP contribution in [0.1, 0.15) is 18.4 Å². The van der Waals surface area contributed by atoms with Crippen molar-refractivity contribution in [2.24, 2.45) is 11.8 Å². The molecule has 1 fully saturated rings. The Morgan fingerprint density at radius 1 is 1.13 bits per heavy atom. The van der Waals surface area contributed by atoms with E-state index in [1.807, 2.05) is 0 Å². The minimum Gasteiger partial charge on any atom is -0.396 e. The van der Waals surface area contributed by atoms with Crippen molar-refractivity contribution >= 4 is 0 Å². The summed E-state index contributed by atoms with van der Waals surface area (Å²) in [6.45, 7) is 4.40. The fraction of sp³-hybridized carbons (Fsp3) is 0.429. The summed E-state index contributed by atoms with van der Waals surface area (Å²) in [7, 11) is 0. The van der Waals surface area contributed by atoms with E-state index in [0.29, 0.717) is 18.4 Å².